The predicted molar refractivity (Wildman–Crippen MR) is 60.9 cm³/mol. The first-order valence-corrected chi connectivity index (χ1v) is 5.08. The van der Waals surface area contributed by atoms with Crippen LogP contribution >= 0.6 is 0 Å². The minimum atomic E-state index is -1.58. The Morgan fingerprint density at radius 3 is 2.21 bits per heavy atom. The maximum atomic E-state index is 11.6. The number of rotatable bonds is 5. The number of benzene rings is 1. The summed E-state index contributed by atoms with van der Waals surface area (Å²) in [5.74, 6) is -4.71. The molecule has 102 valence electrons. The summed E-state index contributed by atoms with van der Waals surface area (Å²) < 4.78 is 0. The SMILES string of the molecule is O=C(O)CC(NC(=O)c1ccc(O)c(O)c1)C(=O)O. The molecule has 1 aromatic carbocycles. The van der Waals surface area contributed by atoms with E-state index in [4.69, 9.17) is 15.3 Å². The molecule has 0 aliphatic heterocycles. The maximum absolute atomic E-state index is 11.6. The first-order valence-electron chi connectivity index (χ1n) is 5.08. The molecule has 0 aliphatic rings. The molecule has 8 nitrogen and oxygen atoms in total. The molecule has 1 amide bonds. The van der Waals surface area contributed by atoms with Gasteiger partial charge >= 0.3 is 11.9 Å². The fourth-order valence-electron chi connectivity index (χ4n) is 1.28. The van der Waals surface area contributed by atoms with E-state index >= 15 is 0 Å². The minimum absolute atomic E-state index is 0.105. The first-order chi connectivity index (χ1) is 8.81. The van der Waals surface area contributed by atoms with Gasteiger partial charge in [-0.3, -0.25) is 9.59 Å². The average Bonchev–Trinajstić information content (AvgIpc) is 2.31. The second-order valence-corrected chi connectivity index (χ2v) is 3.67. The summed E-state index contributed by atoms with van der Waals surface area (Å²) in [5, 5.41) is 37.5. The zero-order valence-corrected chi connectivity index (χ0v) is 9.53. The van der Waals surface area contributed by atoms with Crippen molar-refractivity contribution in [1.29, 1.82) is 0 Å². The molecule has 0 aliphatic carbocycles. The predicted octanol–water partition coefficient (Wildman–Crippen LogP) is -0.245. The molecule has 0 bridgehead atoms. The lowest BCUT2D eigenvalue weighted by Crippen LogP contribution is -2.42. The zero-order chi connectivity index (χ0) is 14.6. The van der Waals surface area contributed by atoms with Gasteiger partial charge in [-0.15, -0.1) is 0 Å². The third-order valence-electron chi connectivity index (χ3n) is 2.22. The molecule has 0 heterocycles. The van der Waals surface area contributed by atoms with Crippen LogP contribution in [0.1, 0.15) is 16.8 Å². The summed E-state index contributed by atoms with van der Waals surface area (Å²) in [7, 11) is 0. The van der Waals surface area contributed by atoms with Crippen molar-refractivity contribution in [3.05, 3.63) is 23.8 Å². The highest BCUT2D eigenvalue weighted by Gasteiger charge is 2.23. The Bertz CT molecular complexity index is 526. The van der Waals surface area contributed by atoms with Gasteiger partial charge < -0.3 is 25.7 Å². The molecule has 1 atom stereocenters. The molecule has 8 heteroatoms. The number of amides is 1. The van der Waals surface area contributed by atoms with Gasteiger partial charge in [0.1, 0.15) is 6.04 Å². The number of nitrogens with one attached hydrogen (secondary N) is 1. The highest BCUT2D eigenvalue weighted by Crippen LogP contribution is 2.24. The van der Waals surface area contributed by atoms with E-state index in [2.05, 4.69) is 0 Å². The van der Waals surface area contributed by atoms with Crippen molar-refractivity contribution < 1.29 is 34.8 Å². The van der Waals surface area contributed by atoms with Crippen LogP contribution in [-0.2, 0) is 9.59 Å². The zero-order valence-electron chi connectivity index (χ0n) is 9.53. The van der Waals surface area contributed by atoms with Crippen molar-refractivity contribution in [3.8, 4) is 11.5 Å². The Morgan fingerprint density at radius 2 is 1.74 bits per heavy atom. The van der Waals surface area contributed by atoms with Crippen LogP contribution in [0.15, 0.2) is 18.2 Å². The number of carboxylic acid groups (broad SMARTS) is 2. The third-order valence-corrected chi connectivity index (χ3v) is 2.22. The Balaban J connectivity index is 2.84. The number of carboxylic acids is 2. The van der Waals surface area contributed by atoms with Crippen LogP contribution < -0.4 is 5.32 Å². The van der Waals surface area contributed by atoms with Gasteiger partial charge in [0.25, 0.3) is 5.91 Å². The van der Waals surface area contributed by atoms with Gasteiger partial charge in [0.15, 0.2) is 11.5 Å². The van der Waals surface area contributed by atoms with E-state index in [0.29, 0.717) is 0 Å². The summed E-state index contributed by atoms with van der Waals surface area (Å²) in [6, 6.07) is 1.56. The Morgan fingerprint density at radius 1 is 1.11 bits per heavy atom. The van der Waals surface area contributed by atoms with Gasteiger partial charge in [-0.25, -0.2) is 4.79 Å². The van der Waals surface area contributed by atoms with E-state index in [9.17, 15) is 19.5 Å². The largest absolute Gasteiger partial charge is 0.504 e. The number of hydrogen-bond donors (Lipinski definition) is 5. The molecule has 0 saturated carbocycles. The average molecular weight is 269 g/mol. The van der Waals surface area contributed by atoms with Gasteiger partial charge in [-0.1, -0.05) is 0 Å². The number of carbonyl (C=O) groups is 3. The molecular formula is C11H11NO7. The normalized spacial score (nSPS) is 11.6. The first kappa shape index (κ1) is 14.3. The summed E-state index contributed by atoms with van der Waals surface area (Å²) in [4.78, 5) is 32.8. The Labute approximate surface area is 106 Å². The molecule has 1 rings (SSSR count). The lowest BCUT2D eigenvalue weighted by molar-refractivity contribution is -0.145. The van der Waals surface area contributed by atoms with Gasteiger partial charge in [0.05, 0.1) is 6.42 Å². The van der Waals surface area contributed by atoms with Gasteiger partial charge in [0.2, 0.25) is 0 Å². The number of hydrogen-bond acceptors (Lipinski definition) is 5. The number of phenols is 2. The topological polar surface area (TPSA) is 144 Å². The third kappa shape index (κ3) is 3.87. The van der Waals surface area contributed by atoms with E-state index in [1.807, 2.05) is 5.32 Å². The molecule has 19 heavy (non-hydrogen) atoms. The van der Waals surface area contributed by atoms with E-state index in [1.165, 1.54) is 0 Å². The molecule has 0 spiro atoms. The summed E-state index contributed by atoms with van der Waals surface area (Å²) in [6.45, 7) is 0. The maximum Gasteiger partial charge on any atom is 0.326 e. The van der Waals surface area contributed by atoms with Crippen LogP contribution in [0.2, 0.25) is 0 Å². The van der Waals surface area contributed by atoms with Crippen LogP contribution in [0.5, 0.6) is 11.5 Å². The van der Waals surface area contributed by atoms with Crippen molar-refractivity contribution in [3.63, 3.8) is 0 Å². The van der Waals surface area contributed by atoms with Gasteiger partial charge in [0, 0.05) is 5.56 Å². The van der Waals surface area contributed by atoms with Crippen LogP contribution in [-0.4, -0.2) is 44.3 Å². The van der Waals surface area contributed by atoms with Gasteiger partial charge in [-0.2, -0.15) is 0 Å². The molecule has 0 saturated heterocycles. The highest BCUT2D eigenvalue weighted by molar-refractivity contribution is 5.97. The summed E-state index contributed by atoms with van der Waals surface area (Å²) >= 11 is 0. The Kier molecular flexibility index (Phi) is 4.30. The molecular weight excluding hydrogens is 258 g/mol. The smallest absolute Gasteiger partial charge is 0.326 e. The van der Waals surface area contributed by atoms with Crippen LogP contribution in [0, 0.1) is 0 Å². The lowest BCUT2D eigenvalue weighted by atomic mass is 10.1. The van der Waals surface area contributed by atoms with E-state index < -0.39 is 41.8 Å². The lowest BCUT2D eigenvalue weighted by Gasteiger charge is -2.12. The summed E-state index contributed by atoms with van der Waals surface area (Å²) in [6.07, 6.45) is -0.773. The van der Waals surface area contributed by atoms with Crippen LogP contribution in [0.4, 0.5) is 0 Å². The molecule has 0 radical (unpaired) electrons. The summed E-state index contributed by atoms with van der Waals surface area (Å²) in [5.41, 5.74) is -0.105. The molecule has 5 N–H and O–H groups in total. The van der Waals surface area contributed by atoms with Crippen molar-refractivity contribution in [1.82, 2.24) is 5.32 Å². The number of phenolic OH excluding ortho intramolecular Hbond substituents is 2. The van der Waals surface area contributed by atoms with E-state index in [-0.39, 0.29) is 5.56 Å². The minimum Gasteiger partial charge on any atom is -0.504 e. The van der Waals surface area contributed by atoms with E-state index in [1.54, 1.807) is 0 Å². The van der Waals surface area contributed by atoms with Crippen LogP contribution in [0.3, 0.4) is 0 Å². The second-order valence-electron chi connectivity index (χ2n) is 3.67. The van der Waals surface area contributed by atoms with Crippen molar-refractivity contribution in [2.24, 2.45) is 0 Å². The van der Waals surface area contributed by atoms with Crippen molar-refractivity contribution in [2.45, 2.75) is 12.5 Å². The monoisotopic (exact) mass is 269 g/mol. The fraction of sp³-hybridized carbons (Fsp3) is 0.182. The van der Waals surface area contributed by atoms with Crippen LogP contribution in [0.25, 0.3) is 0 Å². The number of aromatic hydroxyl groups is 2. The molecule has 0 fully saturated rings. The molecule has 0 aromatic heterocycles. The second kappa shape index (κ2) is 5.71. The van der Waals surface area contributed by atoms with E-state index in [0.717, 1.165) is 18.2 Å². The fourth-order valence-corrected chi connectivity index (χ4v) is 1.28. The standard InChI is InChI=1S/C11H11NO7/c13-7-2-1-5(3-8(7)14)10(17)12-6(11(18)19)4-9(15)16/h1-3,6,13-14H,4H2,(H,12,17)(H,15,16)(H,18,19). The number of carbonyl (C=O) groups excluding carboxylic acids is 1. The highest BCUT2D eigenvalue weighted by atomic mass is 16.4. The van der Waals surface area contributed by atoms with Crippen molar-refractivity contribution in [2.75, 3.05) is 0 Å². The number of aliphatic carboxylic acids is 2. The van der Waals surface area contributed by atoms with Gasteiger partial charge in [-0.05, 0) is 18.2 Å². The Hall–Kier alpha value is -2.77. The quantitative estimate of drug-likeness (QED) is 0.464. The molecule has 1 unspecified atom stereocenters. The molecule has 1 aromatic rings. The van der Waals surface area contributed by atoms with Crippen molar-refractivity contribution >= 4 is 17.8 Å².